The lowest BCUT2D eigenvalue weighted by atomic mass is 10.2. The van der Waals surface area contributed by atoms with Crippen molar-refractivity contribution in [3.05, 3.63) is 35.4 Å². The Bertz CT molecular complexity index is 317. The third-order valence-electron chi connectivity index (χ3n) is 2.06. The highest BCUT2D eigenvalue weighted by molar-refractivity contribution is 7.98. The summed E-state index contributed by atoms with van der Waals surface area (Å²) in [5, 5.41) is 3.24. The maximum absolute atomic E-state index is 12.8. The van der Waals surface area contributed by atoms with E-state index in [9.17, 15) is 8.78 Å². The maximum Gasteiger partial charge on any atom is 0.159 e. The lowest BCUT2D eigenvalue weighted by molar-refractivity contribution is 0.504. The highest BCUT2D eigenvalue weighted by Crippen LogP contribution is 2.08. The van der Waals surface area contributed by atoms with E-state index in [0.29, 0.717) is 12.6 Å². The average Bonchev–Trinajstić information content (AvgIpc) is 2.20. The third kappa shape index (κ3) is 4.18. The number of thioether (sulfide) groups is 1. The number of nitrogens with one attached hydrogen (secondary N) is 1. The van der Waals surface area contributed by atoms with Crippen LogP contribution in [0, 0.1) is 11.6 Å². The van der Waals surface area contributed by atoms with Crippen molar-refractivity contribution >= 4 is 11.8 Å². The molecule has 0 heterocycles. The first kappa shape index (κ1) is 12.5. The van der Waals surface area contributed by atoms with Gasteiger partial charge in [-0.25, -0.2) is 8.78 Å². The van der Waals surface area contributed by atoms with Gasteiger partial charge in [0.1, 0.15) is 0 Å². The molecule has 1 rings (SSSR count). The summed E-state index contributed by atoms with van der Waals surface area (Å²) in [6, 6.07) is 4.35. The van der Waals surface area contributed by atoms with Gasteiger partial charge in [-0.05, 0) is 30.9 Å². The zero-order valence-corrected chi connectivity index (χ0v) is 9.70. The first-order valence-electron chi connectivity index (χ1n) is 4.79. The van der Waals surface area contributed by atoms with Crippen LogP contribution in [0.2, 0.25) is 0 Å². The standard InChI is InChI=1S/C11H15F2NS/c1-8(7-15-2)14-6-9-3-4-10(12)11(13)5-9/h3-5,8,14H,6-7H2,1-2H3. The molecule has 1 aromatic carbocycles. The smallest absolute Gasteiger partial charge is 0.159 e. The number of hydrogen-bond donors (Lipinski definition) is 1. The quantitative estimate of drug-likeness (QED) is 0.836. The van der Waals surface area contributed by atoms with Gasteiger partial charge in [-0.1, -0.05) is 6.07 Å². The molecule has 4 heteroatoms. The minimum absolute atomic E-state index is 0.369. The van der Waals surface area contributed by atoms with Gasteiger partial charge in [-0.3, -0.25) is 0 Å². The fourth-order valence-corrected chi connectivity index (χ4v) is 1.87. The summed E-state index contributed by atoms with van der Waals surface area (Å²) in [7, 11) is 0. The van der Waals surface area contributed by atoms with E-state index in [-0.39, 0.29) is 0 Å². The Morgan fingerprint density at radius 2 is 2.07 bits per heavy atom. The molecule has 1 nitrogen and oxygen atoms in total. The van der Waals surface area contributed by atoms with Crippen LogP contribution in [0.25, 0.3) is 0 Å². The second-order valence-corrected chi connectivity index (χ2v) is 4.40. The predicted molar refractivity (Wildman–Crippen MR) is 61.0 cm³/mol. The van der Waals surface area contributed by atoms with Gasteiger partial charge < -0.3 is 5.32 Å². The molecule has 1 N–H and O–H groups in total. The van der Waals surface area contributed by atoms with Crippen LogP contribution in [0.3, 0.4) is 0 Å². The molecule has 0 aliphatic heterocycles. The van der Waals surface area contributed by atoms with Crippen molar-refractivity contribution in [2.75, 3.05) is 12.0 Å². The molecule has 0 saturated heterocycles. The fourth-order valence-electron chi connectivity index (χ4n) is 1.25. The molecule has 0 amide bonds. The zero-order chi connectivity index (χ0) is 11.3. The summed E-state index contributed by atoms with van der Waals surface area (Å²) in [4.78, 5) is 0. The lowest BCUT2D eigenvalue weighted by Crippen LogP contribution is -2.27. The monoisotopic (exact) mass is 231 g/mol. The summed E-state index contributed by atoms with van der Waals surface area (Å²) in [6.45, 7) is 2.63. The van der Waals surface area contributed by atoms with Crippen LogP contribution < -0.4 is 5.32 Å². The molecule has 1 atom stereocenters. The number of hydrogen-bond acceptors (Lipinski definition) is 2. The molecule has 1 aromatic rings. The van der Waals surface area contributed by atoms with Crippen molar-refractivity contribution in [2.24, 2.45) is 0 Å². The van der Waals surface area contributed by atoms with Crippen LogP contribution in [0.5, 0.6) is 0 Å². The SMILES string of the molecule is CSCC(C)NCc1ccc(F)c(F)c1. The van der Waals surface area contributed by atoms with E-state index in [2.05, 4.69) is 12.2 Å². The Balaban J connectivity index is 2.47. The van der Waals surface area contributed by atoms with Gasteiger partial charge in [-0.2, -0.15) is 11.8 Å². The van der Waals surface area contributed by atoms with Crippen LogP contribution in [0.15, 0.2) is 18.2 Å². The van der Waals surface area contributed by atoms with Gasteiger partial charge in [0.15, 0.2) is 11.6 Å². The summed E-state index contributed by atoms with van der Waals surface area (Å²) >= 11 is 1.75. The van der Waals surface area contributed by atoms with Crippen LogP contribution in [0.4, 0.5) is 8.78 Å². The van der Waals surface area contributed by atoms with Crippen molar-refractivity contribution in [2.45, 2.75) is 19.5 Å². The van der Waals surface area contributed by atoms with Gasteiger partial charge in [0.25, 0.3) is 0 Å². The molecule has 15 heavy (non-hydrogen) atoms. The highest BCUT2D eigenvalue weighted by Gasteiger charge is 2.04. The van der Waals surface area contributed by atoms with E-state index in [1.54, 1.807) is 17.8 Å². The van der Waals surface area contributed by atoms with Crippen LogP contribution >= 0.6 is 11.8 Å². The van der Waals surface area contributed by atoms with Crippen LogP contribution in [-0.4, -0.2) is 18.1 Å². The van der Waals surface area contributed by atoms with Crippen molar-refractivity contribution < 1.29 is 8.78 Å². The third-order valence-corrected chi connectivity index (χ3v) is 2.89. The molecular weight excluding hydrogens is 216 g/mol. The van der Waals surface area contributed by atoms with Gasteiger partial charge >= 0.3 is 0 Å². The van der Waals surface area contributed by atoms with E-state index in [1.807, 2.05) is 6.26 Å². The van der Waals surface area contributed by atoms with E-state index < -0.39 is 11.6 Å². The summed E-state index contributed by atoms with van der Waals surface area (Å²) in [5.41, 5.74) is 0.766. The van der Waals surface area contributed by atoms with Crippen LogP contribution in [-0.2, 0) is 6.54 Å². The van der Waals surface area contributed by atoms with Crippen molar-refractivity contribution in [3.63, 3.8) is 0 Å². The lowest BCUT2D eigenvalue weighted by Gasteiger charge is -2.12. The fraction of sp³-hybridized carbons (Fsp3) is 0.455. The van der Waals surface area contributed by atoms with Gasteiger partial charge in [0, 0.05) is 18.3 Å². The minimum atomic E-state index is -0.795. The molecule has 0 fully saturated rings. The largest absolute Gasteiger partial charge is 0.309 e. The van der Waals surface area contributed by atoms with Gasteiger partial charge in [-0.15, -0.1) is 0 Å². The van der Waals surface area contributed by atoms with E-state index in [1.165, 1.54) is 6.07 Å². The first-order valence-corrected chi connectivity index (χ1v) is 6.19. The molecule has 1 unspecified atom stereocenters. The Kier molecular flexibility index (Phi) is 5.05. The molecule has 0 radical (unpaired) electrons. The normalized spacial score (nSPS) is 12.8. The zero-order valence-electron chi connectivity index (χ0n) is 8.89. The van der Waals surface area contributed by atoms with E-state index in [4.69, 9.17) is 0 Å². The molecular formula is C11H15F2NS. The molecule has 0 aliphatic carbocycles. The van der Waals surface area contributed by atoms with Gasteiger partial charge in [0.2, 0.25) is 0 Å². The van der Waals surface area contributed by atoms with E-state index in [0.717, 1.165) is 17.4 Å². The minimum Gasteiger partial charge on any atom is -0.309 e. The molecule has 0 saturated carbocycles. The van der Waals surface area contributed by atoms with Crippen molar-refractivity contribution in [3.8, 4) is 0 Å². The van der Waals surface area contributed by atoms with Crippen molar-refractivity contribution in [1.29, 1.82) is 0 Å². The predicted octanol–water partition coefficient (Wildman–Crippen LogP) is 2.81. The van der Waals surface area contributed by atoms with Crippen LogP contribution in [0.1, 0.15) is 12.5 Å². The molecule has 0 aromatic heterocycles. The highest BCUT2D eigenvalue weighted by atomic mass is 32.2. The molecule has 0 aliphatic rings. The number of benzene rings is 1. The molecule has 0 spiro atoms. The van der Waals surface area contributed by atoms with Gasteiger partial charge in [0.05, 0.1) is 0 Å². The molecule has 84 valence electrons. The van der Waals surface area contributed by atoms with Crippen molar-refractivity contribution in [1.82, 2.24) is 5.32 Å². The molecule has 0 bridgehead atoms. The average molecular weight is 231 g/mol. The second kappa shape index (κ2) is 6.08. The number of halogens is 2. The van der Waals surface area contributed by atoms with E-state index >= 15 is 0 Å². The maximum atomic E-state index is 12.8. The Morgan fingerprint density at radius 1 is 1.33 bits per heavy atom. The second-order valence-electron chi connectivity index (χ2n) is 3.49. The Labute approximate surface area is 93.3 Å². The summed E-state index contributed by atoms with van der Waals surface area (Å²) < 4.78 is 25.5. The number of rotatable bonds is 5. The summed E-state index contributed by atoms with van der Waals surface area (Å²) in [5.74, 6) is -0.577. The topological polar surface area (TPSA) is 12.0 Å². The summed E-state index contributed by atoms with van der Waals surface area (Å²) in [6.07, 6.45) is 2.04. The Morgan fingerprint density at radius 3 is 2.67 bits per heavy atom. The first-order chi connectivity index (χ1) is 7.13. The Hall–Kier alpha value is -0.610.